The van der Waals surface area contributed by atoms with Crippen molar-refractivity contribution in [2.24, 2.45) is 0 Å². The van der Waals surface area contributed by atoms with Crippen LogP contribution in [0, 0.1) is 0 Å². The summed E-state index contributed by atoms with van der Waals surface area (Å²) in [5.41, 5.74) is 2.19. The average Bonchev–Trinajstić information content (AvgIpc) is 3.46. The predicted molar refractivity (Wildman–Crippen MR) is 101 cm³/mol. The van der Waals surface area contributed by atoms with Crippen molar-refractivity contribution in [3.05, 3.63) is 65.7 Å². The molecule has 1 aromatic carbocycles. The number of hydrogen-bond donors (Lipinski definition) is 2. The quantitative estimate of drug-likeness (QED) is 0.686. The van der Waals surface area contributed by atoms with Gasteiger partial charge in [-0.25, -0.2) is 9.48 Å². The van der Waals surface area contributed by atoms with Crippen LogP contribution in [0.3, 0.4) is 0 Å². The number of nitrogens with one attached hydrogen (secondary N) is 1. The van der Waals surface area contributed by atoms with Crippen molar-refractivity contribution in [3.8, 4) is 5.69 Å². The average molecular weight is 379 g/mol. The Balaban J connectivity index is 1.44. The van der Waals surface area contributed by atoms with Gasteiger partial charge < -0.3 is 10.4 Å². The van der Waals surface area contributed by atoms with Crippen LogP contribution in [0.2, 0.25) is 0 Å². The summed E-state index contributed by atoms with van der Waals surface area (Å²) in [5.74, 6) is -1.22. The third-order valence-electron chi connectivity index (χ3n) is 5.01. The van der Waals surface area contributed by atoms with Crippen LogP contribution in [0.5, 0.6) is 0 Å². The highest BCUT2D eigenvalue weighted by Crippen LogP contribution is 2.29. The molecule has 0 saturated heterocycles. The predicted octanol–water partition coefficient (Wildman–Crippen LogP) is 2.81. The number of carboxylic acid groups (broad SMARTS) is 1. The molecule has 1 fully saturated rings. The maximum absolute atomic E-state index is 12.6. The van der Waals surface area contributed by atoms with E-state index >= 15 is 0 Å². The second-order valence-corrected chi connectivity index (χ2v) is 6.90. The highest BCUT2D eigenvalue weighted by molar-refractivity contribution is 5.92. The van der Waals surface area contributed by atoms with E-state index in [1.54, 1.807) is 18.5 Å². The lowest BCUT2D eigenvalue weighted by molar-refractivity contribution is 0.0689. The lowest BCUT2D eigenvalue weighted by atomic mass is 10.2. The molecular weight excluding hydrogens is 358 g/mol. The number of carbonyl (C=O) groups excluding carboxylic acids is 1. The summed E-state index contributed by atoms with van der Waals surface area (Å²) in [5, 5.41) is 20.3. The molecule has 1 aliphatic rings. The van der Waals surface area contributed by atoms with Crippen LogP contribution in [0.25, 0.3) is 5.69 Å². The largest absolute Gasteiger partial charge is 0.476 e. The van der Waals surface area contributed by atoms with Crippen molar-refractivity contribution in [2.45, 2.75) is 38.3 Å². The number of rotatable bonds is 6. The zero-order valence-corrected chi connectivity index (χ0v) is 15.3. The Morgan fingerprint density at radius 3 is 2.75 bits per heavy atom. The molecule has 3 aromatic rings. The van der Waals surface area contributed by atoms with Gasteiger partial charge in [-0.05, 0) is 42.7 Å². The number of benzene rings is 1. The second kappa shape index (κ2) is 7.67. The standard InChI is InChI=1S/C20H21N5O3/c26-19(18-8-10-22-25(18)15-5-1-2-6-15)21-13-14-4-3-7-16(12-14)24-11-9-17(23-24)20(27)28/h3-4,7-12,15H,1-2,5-6,13H2,(H,21,26)(H,27,28). The van der Waals surface area contributed by atoms with E-state index in [1.165, 1.54) is 23.6 Å². The summed E-state index contributed by atoms with van der Waals surface area (Å²) in [6.07, 6.45) is 7.75. The molecule has 2 aromatic heterocycles. The molecule has 28 heavy (non-hydrogen) atoms. The molecule has 0 bridgehead atoms. The number of carboxylic acids is 1. The SMILES string of the molecule is O=C(O)c1ccn(-c2cccc(CNC(=O)c3ccnn3C3CCCC3)c2)n1. The fourth-order valence-electron chi connectivity index (χ4n) is 3.60. The van der Waals surface area contributed by atoms with Crippen LogP contribution in [-0.4, -0.2) is 36.5 Å². The Morgan fingerprint density at radius 1 is 1.18 bits per heavy atom. The van der Waals surface area contributed by atoms with Gasteiger partial charge in [-0.2, -0.15) is 10.2 Å². The van der Waals surface area contributed by atoms with E-state index in [1.807, 2.05) is 28.9 Å². The number of carbonyl (C=O) groups is 2. The Labute approximate surface area is 161 Å². The smallest absolute Gasteiger partial charge is 0.356 e. The molecule has 1 aliphatic carbocycles. The van der Waals surface area contributed by atoms with E-state index in [0.29, 0.717) is 18.3 Å². The van der Waals surface area contributed by atoms with Gasteiger partial charge in [0.25, 0.3) is 5.91 Å². The topological polar surface area (TPSA) is 102 Å². The molecule has 0 spiro atoms. The lowest BCUT2D eigenvalue weighted by Crippen LogP contribution is -2.27. The van der Waals surface area contributed by atoms with Crippen LogP contribution in [0.15, 0.2) is 48.8 Å². The molecule has 8 heteroatoms. The first kappa shape index (κ1) is 18.0. The Hall–Kier alpha value is -3.42. The van der Waals surface area contributed by atoms with E-state index in [4.69, 9.17) is 5.11 Å². The van der Waals surface area contributed by atoms with Gasteiger partial charge >= 0.3 is 5.97 Å². The van der Waals surface area contributed by atoms with E-state index < -0.39 is 5.97 Å². The maximum atomic E-state index is 12.6. The zero-order chi connectivity index (χ0) is 19.5. The van der Waals surface area contributed by atoms with Crippen molar-refractivity contribution in [3.63, 3.8) is 0 Å². The minimum Gasteiger partial charge on any atom is -0.476 e. The Morgan fingerprint density at radius 2 is 2.00 bits per heavy atom. The zero-order valence-electron chi connectivity index (χ0n) is 15.3. The normalized spacial score (nSPS) is 14.3. The minimum atomic E-state index is -1.07. The van der Waals surface area contributed by atoms with Gasteiger partial charge in [0.2, 0.25) is 0 Å². The summed E-state index contributed by atoms with van der Waals surface area (Å²) in [6.45, 7) is 0.357. The highest BCUT2D eigenvalue weighted by atomic mass is 16.4. The summed E-state index contributed by atoms with van der Waals surface area (Å²) >= 11 is 0. The van der Waals surface area contributed by atoms with Crippen LogP contribution >= 0.6 is 0 Å². The molecule has 1 saturated carbocycles. The Bertz CT molecular complexity index is 1000. The molecule has 0 radical (unpaired) electrons. The molecule has 4 rings (SSSR count). The first-order valence-corrected chi connectivity index (χ1v) is 9.32. The van der Waals surface area contributed by atoms with E-state index in [0.717, 1.165) is 24.1 Å². The summed E-state index contributed by atoms with van der Waals surface area (Å²) in [6, 6.07) is 11.0. The summed E-state index contributed by atoms with van der Waals surface area (Å²) in [7, 11) is 0. The van der Waals surface area contributed by atoms with Crippen molar-refractivity contribution >= 4 is 11.9 Å². The summed E-state index contributed by atoms with van der Waals surface area (Å²) in [4.78, 5) is 23.6. The van der Waals surface area contributed by atoms with Crippen molar-refractivity contribution < 1.29 is 14.7 Å². The second-order valence-electron chi connectivity index (χ2n) is 6.90. The lowest BCUT2D eigenvalue weighted by Gasteiger charge is -2.14. The van der Waals surface area contributed by atoms with Crippen LogP contribution in [0.1, 0.15) is 58.3 Å². The van der Waals surface area contributed by atoms with Gasteiger partial charge in [-0.3, -0.25) is 9.48 Å². The van der Waals surface area contributed by atoms with Crippen LogP contribution in [0.4, 0.5) is 0 Å². The first-order valence-electron chi connectivity index (χ1n) is 9.32. The van der Waals surface area contributed by atoms with Crippen molar-refractivity contribution in [1.82, 2.24) is 24.9 Å². The molecule has 2 heterocycles. The van der Waals surface area contributed by atoms with Gasteiger partial charge in [0.1, 0.15) is 5.69 Å². The van der Waals surface area contributed by atoms with Crippen molar-refractivity contribution in [1.29, 1.82) is 0 Å². The van der Waals surface area contributed by atoms with Crippen LogP contribution in [-0.2, 0) is 6.54 Å². The monoisotopic (exact) mass is 379 g/mol. The van der Waals surface area contributed by atoms with Crippen molar-refractivity contribution in [2.75, 3.05) is 0 Å². The van der Waals surface area contributed by atoms with Gasteiger partial charge in [-0.1, -0.05) is 25.0 Å². The first-order chi connectivity index (χ1) is 13.6. The molecule has 0 atom stereocenters. The number of aromatic nitrogens is 4. The van der Waals surface area contributed by atoms with E-state index in [9.17, 15) is 9.59 Å². The maximum Gasteiger partial charge on any atom is 0.356 e. The highest BCUT2D eigenvalue weighted by Gasteiger charge is 2.22. The van der Waals surface area contributed by atoms with Gasteiger partial charge in [0.05, 0.1) is 11.7 Å². The fraction of sp³-hybridized carbons (Fsp3) is 0.300. The molecular formula is C20H21N5O3. The minimum absolute atomic E-state index is 0.0149. The number of hydrogen-bond acceptors (Lipinski definition) is 4. The third-order valence-corrected chi connectivity index (χ3v) is 5.01. The van der Waals surface area contributed by atoms with Crippen LogP contribution < -0.4 is 5.32 Å². The van der Waals surface area contributed by atoms with Gasteiger partial charge in [0, 0.05) is 18.9 Å². The molecule has 1 amide bonds. The number of amides is 1. The number of nitrogens with zero attached hydrogens (tertiary/aromatic N) is 4. The van der Waals surface area contributed by atoms with E-state index in [2.05, 4.69) is 15.5 Å². The fourth-order valence-corrected chi connectivity index (χ4v) is 3.60. The summed E-state index contributed by atoms with van der Waals surface area (Å²) < 4.78 is 3.35. The molecule has 0 unspecified atom stereocenters. The molecule has 0 aliphatic heterocycles. The van der Waals surface area contributed by atoms with Gasteiger partial charge in [0.15, 0.2) is 5.69 Å². The molecule has 144 valence electrons. The molecule has 2 N–H and O–H groups in total. The Kier molecular flexibility index (Phi) is 4.92. The number of aromatic carboxylic acids is 1. The third kappa shape index (κ3) is 3.66. The van der Waals surface area contributed by atoms with E-state index in [-0.39, 0.29) is 11.6 Å². The molecule has 8 nitrogen and oxygen atoms in total. The van der Waals surface area contributed by atoms with Gasteiger partial charge in [-0.15, -0.1) is 0 Å².